The van der Waals surface area contributed by atoms with Gasteiger partial charge in [-0.1, -0.05) is 0 Å². The van der Waals surface area contributed by atoms with E-state index in [0.717, 1.165) is 0 Å². The Morgan fingerprint density at radius 2 is 2.23 bits per heavy atom. The molecular weight excluding hydrogens is 289 g/mol. The lowest BCUT2D eigenvalue weighted by Crippen LogP contribution is -1.99. The molecule has 0 saturated carbocycles. The minimum Gasteiger partial charge on any atom is -0.235 e. The van der Waals surface area contributed by atoms with Crippen molar-refractivity contribution in [3.8, 4) is 6.07 Å². The number of pyridine rings is 1. The Morgan fingerprint density at radius 1 is 1.62 bits per heavy atom. The van der Waals surface area contributed by atoms with Gasteiger partial charge >= 0.3 is 0 Å². The van der Waals surface area contributed by atoms with Crippen molar-refractivity contribution in [2.75, 3.05) is 0 Å². The zero-order valence-corrected chi connectivity index (χ0v) is 8.84. The van der Waals surface area contributed by atoms with Gasteiger partial charge in [-0.05, 0) is 41.1 Å². The first-order chi connectivity index (χ1) is 6.06. The van der Waals surface area contributed by atoms with Gasteiger partial charge in [-0.2, -0.15) is 5.26 Å². The number of rotatable bonds is 1. The number of aromatic nitrogens is 1. The Morgan fingerprint density at radius 3 is 2.69 bits per heavy atom. The van der Waals surface area contributed by atoms with Gasteiger partial charge in [0.25, 0.3) is 6.43 Å². The summed E-state index contributed by atoms with van der Waals surface area (Å²) in [4.78, 5) is 3.57. The van der Waals surface area contributed by atoms with Crippen molar-refractivity contribution in [1.82, 2.24) is 4.98 Å². The third-order valence-electron chi connectivity index (χ3n) is 1.51. The first kappa shape index (κ1) is 10.3. The van der Waals surface area contributed by atoms with Gasteiger partial charge in [0, 0.05) is 3.57 Å². The number of halogens is 3. The van der Waals surface area contributed by atoms with Crippen molar-refractivity contribution in [3.05, 3.63) is 26.6 Å². The van der Waals surface area contributed by atoms with Crippen LogP contribution in [0.5, 0.6) is 0 Å². The summed E-state index contributed by atoms with van der Waals surface area (Å²) in [6.07, 6.45) is -2.63. The molecule has 0 amide bonds. The zero-order valence-electron chi connectivity index (χ0n) is 6.68. The maximum Gasteiger partial charge on any atom is 0.281 e. The predicted octanol–water partition coefficient (Wildman–Crippen LogP) is 2.80. The molecule has 1 aromatic rings. The summed E-state index contributed by atoms with van der Waals surface area (Å²) in [6.45, 7) is 1.67. The second kappa shape index (κ2) is 3.96. The van der Waals surface area contributed by atoms with Crippen LogP contribution >= 0.6 is 22.6 Å². The van der Waals surface area contributed by atoms with Crippen LogP contribution in [-0.2, 0) is 0 Å². The van der Waals surface area contributed by atoms with E-state index in [1.165, 1.54) is 6.07 Å². The molecule has 0 aliphatic heterocycles. The van der Waals surface area contributed by atoms with Gasteiger partial charge in [-0.3, -0.25) is 0 Å². The molecule has 0 aliphatic carbocycles. The molecule has 1 heterocycles. The monoisotopic (exact) mass is 294 g/mol. The minimum atomic E-state index is -2.63. The standard InChI is InChI=1S/C8H5F2IN2/c1-4-2-5(11)7(8(9)10)13-6(4)3-12/h2,8H,1H3. The van der Waals surface area contributed by atoms with E-state index in [1.807, 2.05) is 0 Å². The Balaban J connectivity index is 3.33. The van der Waals surface area contributed by atoms with Crippen LogP contribution in [0.4, 0.5) is 8.78 Å². The van der Waals surface area contributed by atoms with E-state index in [0.29, 0.717) is 9.13 Å². The Bertz CT molecular complexity index is 371. The second-order valence-corrected chi connectivity index (χ2v) is 3.60. The topological polar surface area (TPSA) is 36.7 Å². The summed E-state index contributed by atoms with van der Waals surface area (Å²) >= 11 is 1.78. The number of hydrogen-bond donors (Lipinski definition) is 0. The van der Waals surface area contributed by atoms with Crippen LogP contribution in [0.25, 0.3) is 0 Å². The molecule has 0 aromatic carbocycles. The highest BCUT2D eigenvalue weighted by Gasteiger charge is 2.15. The van der Waals surface area contributed by atoms with Gasteiger partial charge in [0.2, 0.25) is 0 Å². The number of aryl methyl sites for hydroxylation is 1. The van der Waals surface area contributed by atoms with E-state index in [-0.39, 0.29) is 11.4 Å². The summed E-state index contributed by atoms with van der Waals surface area (Å²) in [5.74, 6) is 0. The van der Waals surface area contributed by atoms with Crippen molar-refractivity contribution < 1.29 is 8.78 Å². The fraction of sp³-hybridized carbons (Fsp3) is 0.250. The van der Waals surface area contributed by atoms with Crippen LogP contribution in [0, 0.1) is 21.8 Å². The van der Waals surface area contributed by atoms with E-state index in [2.05, 4.69) is 4.98 Å². The summed E-state index contributed by atoms with van der Waals surface area (Å²) in [5.41, 5.74) is 0.370. The highest BCUT2D eigenvalue weighted by atomic mass is 127. The Hall–Kier alpha value is -0.770. The van der Waals surface area contributed by atoms with Crippen molar-refractivity contribution in [1.29, 1.82) is 5.26 Å². The second-order valence-electron chi connectivity index (χ2n) is 2.43. The zero-order chi connectivity index (χ0) is 10.0. The molecule has 5 heteroatoms. The molecule has 0 atom stereocenters. The summed E-state index contributed by atoms with van der Waals surface area (Å²) in [6, 6.07) is 3.31. The minimum absolute atomic E-state index is 0.0655. The molecule has 1 rings (SSSR count). The predicted molar refractivity (Wildman–Crippen MR) is 51.4 cm³/mol. The summed E-state index contributed by atoms with van der Waals surface area (Å²) in [5, 5.41) is 8.56. The van der Waals surface area contributed by atoms with Crippen LogP contribution in [0.3, 0.4) is 0 Å². The van der Waals surface area contributed by atoms with Crippen molar-refractivity contribution in [2.24, 2.45) is 0 Å². The van der Waals surface area contributed by atoms with Gasteiger partial charge in [-0.25, -0.2) is 13.8 Å². The molecule has 0 bridgehead atoms. The molecule has 1 aromatic heterocycles. The average molecular weight is 294 g/mol. The van der Waals surface area contributed by atoms with Gasteiger partial charge in [-0.15, -0.1) is 0 Å². The van der Waals surface area contributed by atoms with Crippen molar-refractivity contribution >= 4 is 22.6 Å². The molecule has 13 heavy (non-hydrogen) atoms. The number of nitriles is 1. The largest absolute Gasteiger partial charge is 0.281 e. The van der Waals surface area contributed by atoms with Gasteiger partial charge < -0.3 is 0 Å². The fourth-order valence-electron chi connectivity index (χ4n) is 0.861. The first-order valence-electron chi connectivity index (χ1n) is 3.41. The van der Waals surface area contributed by atoms with Crippen LogP contribution in [0.2, 0.25) is 0 Å². The lowest BCUT2D eigenvalue weighted by molar-refractivity contribution is 0.145. The van der Waals surface area contributed by atoms with E-state index < -0.39 is 6.43 Å². The number of nitrogens with zero attached hydrogens (tertiary/aromatic N) is 2. The lowest BCUT2D eigenvalue weighted by atomic mass is 10.2. The average Bonchev–Trinajstić information content (AvgIpc) is 2.03. The Labute approximate surface area is 87.7 Å². The first-order valence-corrected chi connectivity index (χ1v) is 4.49. The molecule has 0 saturated heterocycles. The van der Waals surface area contributed by atoms with Crippen LogP contribution in [-0.4, -0.2) is 4.98 Å². The van der Waals surface area contributed by atoms with Gasteiger partial charge in [0.1, 0.15) is 17.5 Å². The van der Waals surface area contributed by atoms with E-state index in [1.54, 1.807) is 35.6 Å². The van der Waals surface area contributed by atoms with E-state index in [9.17, 15) is 8.78 Å². The summed E-state index contributed by atoms with van der Waals surface area (Å²) < 4.78 is 25.0. The van der Waals surface area contributed by atoms with Gasteiger partial charge in [0.05, 0.1) is 0 Å². The third-order valence-corrected chi connectivity index (χ3v) is 2.37. The molecule has 0 spiro atoms. The quantitative estimate of drug-likeness (QED) is 0.747. The van der Waals surface area contributed by atoms with Crippen molar-refractivity contribution in [2.45, 2.75) is 13.3 Å². The molecule has 0 unspecified atom stereocenters. The van der Waals surface area contributed by atoms with Crippen LogP contribution in [0.1, 0.15) is 23.4 Å². The molecule has 68 valence electrons. The maximum absolute atomic E-state index is 12.3. The fourth-order valence-corrected chi connectivity index (χ4v) is 1.68. The molecule has 0 N–H and O–H groups in total. The highest BCUT2D eigenvalue weighted by Crippen LogP contribution is 2.23. The molecule has 0 radical (unpaired) electrons. The molecule has 2 nitrogen and oxygen atoms in total. The van der Waals surface area contributed by atoms with E-state index >= 15 is 0 Å². The third kappa shape index (κ3) is 2.12. The SMILES string of the molecule is Cc1cc(I)c(C(F)F)nc1C#N. The normalized spacial score (nSPS) is 10.2. The highest BCUT2D eigenvalue weighted by molar-refractivity contribution is 14.1. The van der Waals surface area contributed by atoms with Crippen LogP contribution in [0.15, 0.2) is 6.07 Å². The number of alkyl halides is 2. The van der Waals surface area contributed by atoms with Gasteiger partial charge in [0.15, 0.2) is 0 Å². The summed E-state index contributed by atoms with van der Waals surface area (Å²) in [7, 11) is 0. The molecular formula is C8H5F2IN2. The Kier molecular flexibility index (Phi) is 3.14. The maximum atomic E-state index is 12.3. The molecule has 0 aliphatic rings. The lowest BCUT2D eigenvalue weighted by Gasteiger charge is -2.04. The van der Waals surface area contributed by atoms with E-state index in [4.69, 9.17) is 5.26 Å². The number of hydrogen-bond acceptors (Lipinski definition) is 2. The smallest absolute Gasteiger partial charge is 0.235 e. The van der Waals surface area contributed by atoms with Crippen LogP contribution < -0.4 is 0 Å². The molecule has 0 fully saturated rings. The van der Waals surface area contributed by atoms with Crippen molar-refractivity contribution in [3.63, 3.8) is 0 Å².